The molecule has 0 aromatic carbocycles. The van der Waals surface area contributed by atoms with Crippen molar-refractivity contribution in [2.45, 2.75) is 26.3 Å². The summed E-state index contributed by atoms with van der Waals surface area (Å²) in [4.78, 5) is 11.0. The molecule has 0 unspecified atom stereocenters. The molecule has 0 aliphatic carbocycles. The topological polar surface area (TPSA) is 22.0 Å². The van der Waals surface area contributed by atoms with Crippen molar-refractivity contribution in [3.8, 4) is 0 Å². The first-order valence-electron chi connectivity index (χ1n) is 3.94. The van der Waals surface area contributed by atoms with E-state index in [-0.39, 0.29) is 0 Å². The maximum atomic E-state index is 11.0. The van der Waals surface area contributed by atoms with Gasteiger partial charge in [-0.15, -0.1) is 0 Å². The van der Waals surface area contributed by atoms with Gasteiger partial charge in [0, 0.05) is 30.8 Å². The molecule has 1 aromatic rings. The van der Waals surface area contributed by atoms with Crippen molar-refractivity contribution in [1.82, 2.24) is 4.57 Å². The van der Waals surface area contributed by atoms with Gasteiger partial charge < -0.3 is 4.57 Å². The molecule has 1 aliphatic heterocycles. The molecule has 0 saturated carbocycles. The Labute approximate surface area is 65.8 Å². The Morgan fingerprint density at radius 2 is 2.27 bits per heavy atom. The monoisotopic (exact) mass is 149 g/mol. The fourth-order valence-electron chi connectivity index (χ4n) is 1.62. The van der Waals surface area contributed by atoms with Crippen molar-refractivity contribution in [1.29, 1.82) is 0 Å². The highest BCUT2D eigenvalue weighted by Crippen LogP contribution is 2.15. The minimum Gasteiger partial charge on any atom is -0.348 e. The Kier molecular flexibility index (Phi) is 1.34. The molecule has 11 heavy (non-hydrogen) atoms. The van der Waals surface area contributed by atoms with Gasteiger partial charge >= 0.3 is 0 Å². The second-order valence-electron chi connectivity index (χ2n) is 3.08. The van der Waals surface area contributed by atoms with Crippen LogP contribution in [0.2, 0.25) is 0 Å². The van der Waals surface area contributed by atoms with Gasteiger partial charge in [0.1, 0.15) is 5.78 Å². The molecule has 1 aliphatic rings. The number of aryl methyl sites for hydroxylation is 1. The summed E-state index contributed by atoms with van der Waals surface area (Å²) in [5.41, 5.74) is 2.45. The van der Waals surface area contributed by atoms with Crippen LogP contribution in [0.5, 0.6) is 0 Å². The lowest BCUT2D eigenvalue weighted by Gasteiger charge is -2.15. The van der Waals surface area contributed by atoms with Crippen molar-refractivity contribution in [2.24, 2.45) is 0 Å². The summed E-state index contributed by atoms with van der Waals surface area (Å²) in [7, 11) is 0. The number of Topliss-reactive ketones (excluding diaryl/α,β-unsaturated/α-hetero) is 1. The summed E-state index contributed by atoms with van der Waals surface area (Å²) < 4.78 is 2.22. The Morgan fingerprint density at radius 1 is 1.45 bits per heavy atom. The maximum absolute atomic E-state index is 11.0. The van der Waals surface area contributed by atoms with Crippen LogP contribution in [0.15, 0.2) is 12.1 Å². The smallest absolute Gasteiger partial charge is 0.140 e. The van der Waals surface area contributed by atoms with E-state index in [4.69, 9.17) is 0 Å². The minimum atomic E-state index is 0.371. The lowest BCUT2D eigenvalue weighted by molar-refractivity contribution is -0.119. The van der Waals surface area contributed by atoms with E-state index in [1.54, 1.807) is 0 Å². The van der Waals surface area contributed by atoms with Gasteiger partial charge in [-0.3, -0.25) is 4.79 Å². The van der Waals surface area contributed by atoms with Gasteiger partial charge in [0.25, 0.3) is 0 Å². The van der Waals surface area contributed by atoms with Crippen LogP contribution < -0.4 is 0 Å². The number of fused-ring (bicyclic) bond motifs is 1. The average molecular weight is 149 g/mol. The van der Waals surface area contributed by atoms with Crippen molar-refractivity contribution in [3.63, 3.8) is 0 Å². The van der Waals surface area contributed by atoms with Crippen LogP contribution in [-0.2, 0) is 17.8 Å². The minimum absolute atomic E-state index is 0.371. The molecule has 2 nitrogen and oxygen atoms in total. The van der Waals surface area contributed by atoms with Gasteiger partial charge in [-0.1, -0.05) is 0 Å². The van der Waals surface area contributed by atoms with E-state index in [1.807, 2.05) is 6.07 Å². The van der Waals surface area contributed by atoms with Crippen molar-refractivity contribution >= 4 is 5.78 Å². The number of ketones is 1. The normalized spacial score (nSPS) is 16.6. The Balaban J connectivity index is 2.44. The van der Waals surface area contributed by atoms with E-state index in [2.05, 4.69) is 17.6 Å². The van der Waals surface area contributed by atoms with Crippen molar-refractivity contribution in [3.05, 3.63) is 23.5 Å². The van der Waals surface area contributed by atoms with Gasteiger partial charge in [0.15, 0.2) is 0 Å². The van der Waals surface area contributed by atoms with Crippen LogP contribution in [0.1, 0.15) is 17.8 Å². The molecule has 2 heteroatoms. The number of carbonyl (C=O) groups excluding carboxylic acids is 1. The highest BCUT2D eigenvalue weighted by molar-refractivity contribution is 5.81. The molecule has 0 saturated heterocycles. The van der Waals surface area contributed by atoms with Gasteiger partial charge in [-0.05, 0) is 19.1 Å². The molecule has 2 heterocycles. The Bertz CT molecular complexity index is 299. The van der Waals surface area contributed by atoms with Gasteiger partial charge in [-0.25, -0.2) is 0 Å². The zero-order valence-corrected chi connectivity index (χ0v) is 6.63. The molecule has 58 valence electrons. The van der Waals surface area contributed by atoms with E-state index >= 15 is 0 Å². The molecule has 0 amide bonds. The fourth-order valence-corrected chi connectivity index (χ4v) is 1.62. The predicted octanol–water partition coefficient (Wildman–Crippen LogP) is 1.31. The standard InChI is InChI=1S/C9H11NO/c1-7-2-3-8-6-9(11)4-5-10(7)8/h2-3H,4-6H2,1H3. The van der Waals surface area contributed by atoms with Crippen LogP contribution >= 0.6 is 0 Å². The number of carbonyl (C=O) groups is 1. The van der Waals surface area contributed by atoms with E-state index < -0.39 is 0 Å². The van der Waals surface area contributed by atoms with Crippen LogP contribution in [-0.4, -0.2) is 10.4 Å². The van der Waals surface area contributed by atoms with Crippen LogP contribution in [0.3, 0.4) is 0 Å². The molecule has 0 fully saturated rings. The summed E-state index contributed by atoms with van der Waals surface area (Å²) in [6.45, 7) is 2.96. The second-order valence-corrected chi connectivity index (χ2v) is 3.08. The fraction of sp³-hybridized carbons (Fsp3) is 0.444. The lowest BCUT2D eigenvalue weighted by Crippen LogP contribution is -2.18. The van der Waals surface area contributed by atoms with Gasteiger partial charge in [0.2, 0.25) is 0 Å². The Morgan fingerprint density at radius 3 is 3.09 bits per heavy atom. The number of aromatic nitrogens is 1. The van der Waals surface area contributed by atoms with E-state index in [1.165, 1.54) is 11.4 Å². The summed E-state index contributed by atoms with van der Waals surface area (Å²) in [6, 6.07) is 4.13. The van der Waals surface area contributed by atoms with E-state index in [0.29, 0.717) is 18.6 Å². The molecule has 1 aromatic heterocycles. The molecule has 0 radical (unpaired) electrons. The third-order valence-electron chi connectivity index (χ3n) is 2.28. The first-order valence-corrected chi connectivity index (χ1v) is 3.94. The summed E-state index contributed by atoms with van der Waals surface area (Å²) in [5, 5.41) is 0. The first kappa shape index (κ1) is 6.65. The molecule has 2 rings (SSSR count). The van der Waals surface area contributed by atoms with Crippen molar-refractivity contribution < 1.29 is 4.79 Å². The molecule has 0 N–H and O–H groups in total. The zero-order valence-electron chi connectivity index (χ0n) is 6.63. The molecular weight excluding hydrogens is 138 g/mol. The van der Waals surface area contributed by atoms with E-state index in [0.717, 1.165) is 6.54 Å². The molecule has 0 atom stereocenters. The number of hydrogen-bond donors (Lipinski definition) is 0. The highest BCUT2D eigenvalue weighted by atomic mass is 16.1. The third-order valence-corrected chi connectivity index (χ3v) is 2.28. The summed E-state index contributed by atoms with van der Waals surface area (Å²) in [5.74, 6) is 0.371. The van der Waals surface area contributed by atoms with E-state index in [9.17, 15) is 4.79 Å². The van der Waals surface area contributed by atoms with Crippen LogP contribution in [0.4, 0.5) is 0 Å². The van der Waals surface area contributed by atoms with Gasteiger partial charge in [0.05, 0.1) is 0 Å². The number of hydrogen-bond acceptors (Lipinski definition) is 1. The molecule has 0 bridgehead atoms. The van der Waals surface area contributed by atoms with Crippen molar-refractivity contribution in [2.75, 3.05) is 0 Å². The van der Waals surface area contributed by atoms with Crippen LogP contribution in [0, 0.1) is 6.92 Å². The molecule has 0 spiro atoms. The lowest BCUT2D eigenvalue weighted by atomic mass is 10.1. The van der Waals surface area contributed by atoms with Crippen LogP contribution in [0.25, 0.3) is 0 Å². The SMILES string of the molecule is Cc1ccc2n1CCC(=O)C2. The third kappa shape index (κ3) is 0.985. The average Bonchev–Trinajstić information content (AvgIpc) is 2.32. The zero-order chi connectivity index (χ0) is 7.84. The maximum Gasteiger partial charge on any atom is 0.140 e. The Hall–Kier alpha value is -1.05. The summed E-state index contributed by atoms with van der Waals surface area (Å²) >= 11 is 0. The van der Waals surface area contributed by atoms with Gasteiger partial charge in [-0.2, -0.15) is 0 Å². The highest BCUT2D eigenvalue weighted by Gasteiger charge is 2.15. The predicted molar refractivity (Wildman–Crippen MR) is 42.5 cm³/mol. The largest absolute Gasteiger partial charge is 0.348 e. The number of nitrogens with zero attached hydrogens (tertiary/aromatic N) is 1. The first-order chi connectivity index (χ1) is 5.27. The second kappa shape index (κ2) is 2.22. The quantitative estimate of drug-likeness (QED) is 0.545. The summed E-state index contributed by atoms with van der Waals surface area (Å²) in [6.07, 6.45) is 1.34. The molecular formula is C9H11NO. The number of rotatable bonds is 0.